The zero-order valence-corrected chi connectivity index (χ0v) is 14.9. The molecule has 1 unspecified atom stereocenters. The number of carbonyl (C=O) groups is 1. The molecule has 0 saturated heterocycles. The molecule has 0 aromatic heterocycles. The highest BCUT2D eigenvalue weighted by atomic mass is 31.1. The first-order valence-electron chi connectivity index (χ1n) is 8.53. The molecule has 0 N–H and O–H groups in total. The number of hydrogen-bond acceptors (Lipinski definition) is 1. The van der Waals surface area contributed by atoms with Crippen LogP contribution in [-0.4, -0.2) is 11.9 Å². The predicted molar refractivity (Wildman–Crippen MR) is 100.0 cm³/mol. The van der Waals surface area contributed by atoms with Gasteiger partial charge in [-0.15, -0.1) is 0 Å². The highest BCUT2D eigenvalue weighted by Gasteiger charge is 2.36. The summed E-state index contributed by atoms with van der Waals surface area (Å²) >= 11 is 0. The van der Waals surface area contributed by atoms with Crippen LogP contribution in [0.3, 0.4) is 0 Å². The van der Waals surface area contributed by atoms with Crippen LogP contribution in [0.2, 0.25) is 0 Å². The first kappa shape index (κ1) is 16.4. The van der Waals surface area contributed by atoms with E-state index < -0.39 is 0 Å². The van der Waals surface area contributed by atoms with E-state index in [0.29, 0.717) is 17.6 Å². The largest absolute Gasteiger partial charge is 0.300 e. The molecule has 1 aliphatic rings. The van der Waals surface area contributed by atoms with Gasteiger partial charge >= 0.3 is 0 Å². The highest BCUT2D eigenvalue weighted by Crippen LogP contribution is 2.45. The number of hydrogen-bond donors (Lipinski definition) is 0. The van der Waals surface area contributed by atoms with E-state index in [2.05, 4.69) is 67.6 Å². The Labute approximate surface area is 140 Å². The lowest BCUT2D eigenvalue weighted by Crippen LogP contribution is -2.23. The van der Waals surface area contributed by atoms with Crippen LogP contribution in [0.5, 0.6) is 0 Å². The summed E-state index contributed by atoms with van der Waals surface area (Å²) in [7, 11) is -0.385. The van der Waals surface area contributed by atoms with E-state index >= 15 is 0 Å². The summed E-state index contributed by atoms with van der Waals surface area (Å²) in [5, 5.41) is 2.85. The average molecular weight is 324 g/mol. The second kappa shape index (κ2) is 7.41. The van der Waals surface area contributed by atoms with Crippen molar-refractivity contribution in [3.63, 3.8) is 0 Å². The van der Waals surface area contributed by atoms with E-state index in [0.717, 1.165) is 12.6 Å². The molecule has 0 aliphatic heterocycles. The Hall–Kier alpha value is -1.46. The summed E-state index contributed by atoms with van der Waals surface area (Å²) in [4.78, 5) is 12.1. The van der Waals surface area contributed by atoms with Crippen molar-refractivity contribution < 1.29 is 4.79 Å². The Bertz CT molecular complexity index is 598. The van der Waals surface area contributed by atoms with Crippen molar-refractivity contribution in [2.45, 2.75) is 26.7 Å². The van der Waals surface area contributed by atoms with Gasteiger partial charge in [0.15, 0.2) is 0 Å². The lowest BCUT2D eigenvalue weighted by atomic mass is 9.94. The van der Waals surface area contributed by atoms with Gasteiger partial charge in [0, 0.05) is 5.92 Å². The summed E-state index contributed by atoms with van der Waals surface area (Å²) in [6, 6.07) is 21.7. The third-order valence-electron chi connectivity index (χ3n) is 5.01. The Morgan fingerprint density at radius 2 is 1.48 bits per heavy atom. The Balaban J connectivity index is 1.89. The highest BCUT2D eigenvalue weighted by molar-refractivity contribution is 7.73. The van der Waals surface area contributed by atoms with Crippen molar-refractivity contribution in [1.29, 1.82) is 0 Å². The van der Waals surface area contributed by atoms with Crippen molar-refractivity contribution in [1.82, 2.24) is 0 Å². The third-order valence-corrected chi connectivity index (χ3v) is 7.68. The van der Waals surface area contributed by atoms with Gasteiger partial charge in [-0.05, 0) is 56.3 Å². The number of benzene rings is 2. The average Bonchev–Trinajstić information content (AvgIpc) is 2.95. The first-order chi connectivity index (χ1) is 11.1. The van der Waals surface area contributed by atoms with Crippen LogP contribution in [-0.2, 0) is 4.79 Å². The topological polar surface area (TPSA) is 17.1 Å². The number of rotatable bonds is 5. The van der Waals surface area contributed by atoms with Crippen LogP contribution in [0.4, 0.5) is 0 Å². The Morgan fingerprint density at radius 3 is 1.96 bits per heavy atom. The van der Waals surface area contributed by atoms with Crippen molar-refractivity contribution in [3.05, 3.63) is 60.7 Å². The van der Waals surface area contributed by atoms with Gasteiger partial charge in [-0.25, -0.2) is 0 Å². The quantitative estimate of drug-likeness (QED) is 0.746. The molecule has 2 aromatic rings. The zero-order chi connectivity index (χ0) is 16.2. The van der Waals surface area contributed by atoms with Gasteiger partial charge < -0.3 is 0 Å². The fraction of sp³-hybridized carbons (Fsp3) is 0.381. The molecule has 1 nitrogen and oxygen atoms in total. The van der Waals surface area contributed by atoms with Crippen molar-refractivity contribution in [2.24, 2.45) is 17.8 Å². The van der Waals surface area contributed by atoms with E-state index in [9.17, 15) is 4.79 Å². The molecule has 0 heterocycles. The normalized spacial score (nSPS) is 24.0. The molecular weight excluding hydrogens is 299 g/mol. The van der Waals surface area contributed by atoms with Gasteiger partial charge in [0.25, 0.3) is 0 Å². The molecule has 1 saturated carbocycles. The monoisotopic (exact) mass is 324 g/mol. The minimum atomic E-state index is -0.385. The lowest BCUT2D eigenvalue weighted by Gasteiger charge is -2.25. The summed E-state index contributed by atoms with van der Waals surface area (Å²) in [5.41, 5.74) is 0. The minimum Gasteiger partial charge on any atom is -0.300 e. The molecule has 1 aliphatic carbocycles. The van der Waals surface area contributed by atoms with Gasteiger partial charge in [-0.1, -0.05) is 67.6 Å². The zero-order valence-electron chi connectivity index (χ0n) is 14.0. The van der Waals surface area contributed by atoms with Gasteiger partial charge in [0.1, 0.15) is 5.78 Å². The minimum absolute atomic E-state index is 0.266. The summed E-state index contributed by atoms with van der Waals surface area (Å²) in [5.74, 6) is 1.86. The van der Waals surface area contributed by atoms with E-state index in [4.69, 9.17) is 0 Å². The van der Waals surface area contributed by atoms with Crippen LogP contribution < -0.4 is 10.6 Å². The van der Waals surface area contributed by atoms with Crippen LogP contribution in [0.1, 0.15) is 26.7 Å². The second-order valence-corrected chi connectivity index (χ2v) is 9.09. The molecule has 2 aromatic carbocycles. The second-order valence-electron chi connectivity index (χ2n) is 6.84. The van der Waals surface area contributed by atoms with Crippen LogP contribution in [0, 0.1) is 17.8 Å². The van der Waals surface area contributed by atoms with Gasteiger partial charge in [-0.2, -0.15) is 0 Å². The Morgan fingerprint density at radius 1 is 0.957 bits per heavy atom. The van der Waals surface area contributed by atoms with Crippen LogP contribution >= 0.6 is 7.92 Å². The molecule has 0 amide bonds. The molecule has 23 heavy (non-hydrogen) atoms. The molecule has 2 heteroatoms. The summed E-state index contributed by atoms with van der Waals surface area (Å²) in [6.07, 6.45) is 3.41. The molecule has 1 fully saturated rings. The molecule has 0 radical (unpaired) electrons. The van der Waals surface area contributed by atoms with E-state index in [1.165, 1.54) is 17.0 Å². The standard InChI is InChI=1S/C21H25OP/c1-16-13-18(21(14-16)17(2)22)15-23(19-9-5-3-6-10-19)20-11-7-4-8-12-20/h3-12,16,18,21H,13-15H2,1-2H3/t16-,18-,21?/m0/s1. The van der Waals surface area contributed by atoms with E-state index in [-0.39, 0.29) is 13.8 Å². The van der Waals surface area contributed by atoms with Crippen molar-refractivity contribution >= 4 is 24.3 Å². The lowest BCUT2D eigenvalue weighted by molar-refractivity contribution is -0.121. The number of ketones is 1. The Kier molecular flexibility index (Phi) is 5.28. The maximum Gasteiger partial charge on any atom is 0.133 e. The van der Waals surface area contributed by atoms with E-state index in [1.807, 2.05) is 0 Å². The van der Waals surface area contributed by atoms with Gasteiger partial charge in [0.2, 0.25) is 0 Å². The molecule has 3 rings (SSSR count). The molecule has 120 valence electrons. The number of carbonyl (C=O) groups excluding carboxylic acids is 1. The first-order valence-corrected chi connectivity index (χ1v) is 10.1. The van der Waals surface area contributed by atoms with Crippen molar-refractivity contribution in [3.8, 4) is 0 Å². The third kappa shape index (κ3) is 3.90. The van der Waals surface area contributed by atoms with Crippen molar-refractivity contribution in [2.75, 3.05) is 6.16 Å². The molecular formula is C21H25OP. The van der Waals surface area contributed by atoms with Gasteiger partial charge in [-0.3, -0.25) is 4.79 Å². The number of Topliss-reactive ketones (excluding diaryl/α,β-unsaturated/α-hetero) is 1. The summed E-state index contributed by atoms with van der Waals surface area (Å²) in [6.45, 7) is 4.08. The van der Waals surface area contributed by atoms with Gasteiger partial charge in [0.05, 0.1) is 0 Å². The summed E-state index contributed by atoms with van der Waals surface area (Å²) < 4.78 is 0. The molecule has 0 bridgehead atoms. The van der Waals surface area contributed by atoms with Crippen LogP contribution in [0.15, 0.2) is 60.7 Å². The van der Waals surface area contributed by atoms with Crippen LogP contribution in [0.25, 0.3) is 0 Å². The fourth-order valence-electron chi connectivity index (χ4n) is 3.91. The smallest absolute Gasteiger partial charge is 0.133 e. The van der Waals surface area contributed by atoms with E-state index in [1.54, 1.807) is 6.92 Å². The fourth-order valence-corrected chi connectivity index (χ4v) is 6.57. The molecule has 0 spiro atoms. The SMILES string of the molecule is CC(=O)C1C[C@@H](C)C[C@H]1CP(c1ccccc1)c1ccccc1. The maximum atomic E-state index is 12.1. The maximum absolute atomic E-state index is 12.1. The predicted octanol–water partition coefficient (Wildman–Crippen LogP) is 4.37. The molecule has 3 atom stereocenters.